The molecule has 3 saturated carbocycles. The standard InChI is InChI=1S/C31H42F6O5/c1-18(10-8-16-26(5,6)41-20(3)38)23-14-15-25-22(11-9-17-27(23,25)7)12-13-24-19(2)29(34,42-21(4)39)30(35,36)31(37,40)28(24,32)33/h12-13,18,23,25,40H,2,8-11,14-17H2,1,3-7H3/b22-12?,24-13+/t18-,23-,25?,27-,29?,31-/m1/s1. The van der Waals surface area contributed by atoms with Gasteiger partial charge in [0, 0.05) is 25.0 Å². The largest absolute Gasteiger partial charge is 0.460 e. The molecule has 11 heteroatoms. The first-order valence-electron chi connectivity index (χ1n) is 14.4. The van der Waals surface area contributed by atoms with E-state index in [0.29, 0.717) is 37.7 Å². The van der Waals surface area contributed by atoms with Gasteiger partial charge in [0.1, 0.15) is 5.60 Å². The van der Waals surface area contributed by atoms with Gasteiger partial charge in [0.05, 0.1) is 0 Å². The molecule has 2 unspecified atom stereocenters. The average molecular weight is 609 g/mol. The van der Waals surface area contributed by atoms with Crippen LogP contribution in [0.5, 0.6) is 0 Å². The number of rotatable bonds is 8. The topological polar surface area (TPSA) is 72.8 Å². The second kappa shape index (κ2) is 11.3. The number of ether oxygens (including phenoxy) is 2. The molecule has 42 heavy (non-hydrogen) atoms. The molecule has 0 aromatic carbocycles. The Morgan fingerprint density at radius 1 is 1.10 bits per heavy atom. The van der Waals surface area contributed by atoms with Crippen LogP contribution in [0.25, 0.3) is 0 Å². The summed E-state index contributed by atoms with van der Waals surface area (Å²) in [6, 6.07) is 0. The normalized spacial score (nSPS) is 36.9. The second-order valence-corrected chi connectivity index (χ2v) is 13.1. The van der Waals surface area contributed by atoms with Gasteiger partial charge in [0.15, 0.2) is 0 Å². The number of esters is 2. The summed E-state index contributed by atoms with van der Waals surface area (Å²) in [5, 5.41) is 9.63. The molecular weight excluding hydrogens is 566 g/mol. The maximum Gasteiger partial charge on any atom is 0.384 e. The fourth-order valence-corrected chi connectivity index (χ4v) is 7.57. The summed E-state index contributed by atoms with van der Waals surface area (Å²) in [6.07, 6.45) is 8.08. The third kappa shape index (κ3) is 5.66. The van der Waals surface area contributed by atoms with Crippen LogP contribution >= 0.6 is 0 Å². The van der Waals surface area contributed by atoms with Crippen LogP contribution in [0.3, 0.4) is 0 Å². The highest BCUT2D eigenvalue weighted by atomic mass is 19.3. The zero-order valence-electron chi connectivity index (χ0n) is 25.1. The highest BCUT2D eigenvalue weighted by Gasteiger charge is 2.85. The van der Waals surface area contributed by atoms with E-state index in [2.05, 4.69) is 25.2 Å². The van der Waals surface area contributed by atoms with Crippen LogP contribution in [-0.2, 0) is 19.1 Å². The molecular formula is C31H42F6O5. The number of hydrogen-bond donors (Lipinski definition) is 1. The van der Waals surface area contributed by atoms with Gasteiger partial charge in [-0.15, -0.1) is 0 Å². The van der Waals surface area contributed by atoms with Crippen LogP contribution in [0.1, 0.15) is 92.9 Å². The third-order valence-electron chi connectivity index (χ3n) is 9.62. The lowest BCUT2D eigenvalue weighted by Crippen LogP contribution is -2.72. The molecule has 0 heterocycles. The Labute approximate surface area is 243 Å². The molecule has 3 aliphatic rings. The predicted octanol–water partition coefficient (Wildman–Crippen LogP) is 7.93. The maximum atomic E-state index is 15.4. The fourth-order valence-electron chi connectivity index (χ4n) is 7.57. The molecule has 1 N–H and O–H groups in total. The summed E-state index contributed by atoms with van der Waals surface area (Å²) in [5.41, 5.74) is -3.27. The van der Waals surface area contributed by atoms with E-state index in [1.165, 1.54) is 13.0 Å². The van der Waals surface area contributed by atoms with Crippen molar-refractivity contribution in [3.05, 3.63) is 35.5 Å². The number of hydrogen-bond acceptors (Lipinski definition) is 5. The zero-order chi connectivity index (χ0) is 32.1. The van der Waals surface area contributed by atoms with E-state index in [1.807, 2.05) is 13.8 Å². The molecule has 3 aliphatic carbocycles. The van der Waals surface area contributed by atoms with Crippen molar-refractivity contribution in [3.8, 4) is 0 Å². The van der Waals surface area contributed by atoms with E-state index in [0.717, 1.165) is 44.1 Å². The average Bonchev–Trinajstić information content (AvgIpc) is 3.19. The van der Waals surface area contributed by atoms with Crippen molar-refractivity contribution in [2.75, 3.05) is 0 Å². The first-order valence-corrected chi connectivity index (χ1v) is 14.4. The lowest BCUT2D eigenvalue weighted by atomic mass is 9.60. The molecule has 6 atom stereocenters. The molecule has 0 amide bonds. The van der Waals surface area contributed by atoms with E-state index >= 15 is 13.2 Å². The fraction of sp³-hybridized carbons (Fsp3) is 0.742. The van der Waals surface area contributed by atoms with Gasteiger partial charge < -0.3 is 14.6 Å². The number of halogens is 6. The zero-order valence-corrected chi connectivity index (χ0v) is 25.1. The number of aliphatic hydroxyl groups is 1. The van der Waals surface area contributed by atoms with Gasteiger partial charge in [0.25, 0.3) is 0 Å². The summed E-state index contributed by atoms with van der Waals surface area (Å²) in [5.74, 6) is -22.9. The number of fused-ring (bicyclic) bond motifs is 1. The number of carbonyl (C=O) groups excluding carboxylic acids is 2. The van der Waals surface area contributed by atoms with E-state index in [1.54, 1.807) is 0 Å². The molecule has 0 bridgehead atoms. The number of allylic oxidation sites excluding steroid dienone is 3. The predicted molar refractivity (Wildman–Crippen MR) is 144 cm³/mol. The van der Waals surface area contributed by atoms with Gasteiger partial charge >= 0.3 is 35.5 Å². The van der Waals surface area contributed by atoms with Crippen molar-refractivity contribution in [1.29, 1.82) is 0 Å². The van der Waals surface area contributed by atoms with Crippen molar-refractivity contribution in [2.45, 2.75) is 122 Å². The van der Waals surface area contributed by atoms with Crippen LogP contribution in [0.2, 0.25) is 0 Å². The Hall–Kier alpha value is -2.30. The van der Waals surface area contributed by atoms with Crippen molar-refractivity contribution >= 4 is 11.9 Å². The Balaban J connectivity index is 1.88. The van der Waals surface area contributed by atoms with Crippen molar-refractivity contribution in [1.82, 2.24) is 0 Å². The van der Waals surface area contributed by atoms with E-state index in [9.17, 15) is 27.9 Å². The van der Waals surface area contributed by atoms with Crippen LogP contribution < -0.4 is 0 Å². The molecule has 0 saturated heterocycles. The Bertz CT molecular complexity index is 1160. The maximum absolute atomic E-state index is 15.4. The van der Waals surface area contributed by atoms with Gasteiger partial charge in [-0.1, -0.05) is 44.6 Å². The molecule has 5 nitrogen and oxygen atoms in total. The van der Waals surface area contributed by atoms with Crippen molar-refractivity contribution in [2.24, 2.45) is 23.2 Å². The van der Waals surface area contributed by atoms with E-state index in [-0.39, 0.29) is 17.3 Å². The summed E-state index contributed by atoms with van der Waals surface area (Å²) in [4.78, 5) is 22.7. The van der Waals surface area contributed by atoms with Crippen LogP contribution in [0, 0.1) is 23.2 Å². The number of alkyl halides is 6. The smallest absolute Gasteiger partial charge is 0.384 e. The Kier molecular flexibility index (Phi) is 9.22. The molecule has 0 spiro atoms. The molecule has 0 aromatic rings. The van der Waals surface area contributed by atoms with Gasteiger partial charge in [-0.3, -0.25) is 9.59 Å². The highest BCUT2D eigenvalue weighted by molar-refractivity contribution is 5.68. The minimum Gasteiger partial charge on any atom is -0.460 e. The lowest BCUT2D eigenvalue weighted by molar-refractivity contribution is -0.401. The van der Waals surface area contributed by atoms with Gasteiger partial charge in [-0.2, -0.15) is 26.3 Å². The van der Waals surface area contributed by atoms with Crippen molar-refractivity contribution < 1.29 is 50.5 Å². The van der Waals surface area contributed by atoms with E-state index < -0.39 is 46.3 Å². The summed E-state index contributed by atoms with van der Waals surface area (Å²) in [7, 11) is 0. The van der Waals surface area contributed by atoms with Crippen LogP contribution in [0.15, 0.2) is 35.5 Å². The van der Waals surface area contributed by atoms with Gasteiger partial charge in [-0.05, 0) is 82.0 Å². The highest BCUT2D eigenvalue weighted by Crippen LogP contribution is 2.62. The minimum absolute atomic E-state index is 0.0344. The van der Waals surface area contributed by atoms with E-state index in [4.69, 9.17) is 4.74 Å². The molecule has 3 rings (SSSR count). The first kappa shape index (κ1) is 34.2. The first-order chi connectivity index (χ1) is 19.0. The quantitative estimate of drug-likeness (QED) is 0.224. The number of carbonyl (C=O) groups is 2. The summed E-state index contributed by atoms with van der Waals surface area (Å²) in [6.45, 7) is 13.0. The molecule has 0 aromatic heterocycles. The molecule has 0 aliphatic heterocycles. The molecule has 238 valence electrons. The van der Waals surface area contributed by atoms with Crippen LogP contribution in [0.4, 0.5) is 26.3 Å². The SMILES string of the molecule is C=C1/C(=C\C=C2CCC[C@@]3(C)C2CC[C@@H]3[C@H](C)CCCC(C)(C)OC(C)=O)C(F)(F)[C@](O)(F)C(F)(F)C1(F)OC(C)=O. The van der Waals surface area contributed by atoms with Crippen LogP contribution in [-0.4, -0.2) is 46.2 Å². The minimum atomic E-state index is -5.84. The molecule has 3 fully saturated rings. The van der Waals surface area contributed by atoms with Crippen molar-refractivity contribution in [3.63, 3.8) is 0 Å². The lowest BCUT2D eigenvalue weighted by Gasteiger charge is -2.47. The van der Waals surface area contributed by atoms with Gasteiger partial charge in [0.2, 0.25) is 0 Å². The summed E-state index contributed by atoms with van der Waals surface area (Å²) < 4.78 is 98.6. The monoisotopic (exact) mass is 608 g/mol. The third-order valence-corrected chi connectivity index (χ3v) is 9.62. The Morgan fingerprint density at radius 2 is 1.71 bits per heavy atom. The summed E-state index contributed by atoms with van der Waals surface area (Å²) >= 11 is 0. The Morgan fingerprint density at radius 3 is 2.29 bits per heavy atom. The second-order valence-electron chi connectivity index (χ2n) is 13.1. The van der Waals surface area contributed by atoms with Gasteiger partial charge in [-0.25, -0.2) is 0 Å². The molecule has 0 radical (unpaired) electrons.